The number of benzene rings is 3. The average Bonchev–Trinajstić information content (AvgIpc) is 3.06. The lowest BCUT2D eigenvalue weighted by Gasteiger charge is -2.11. The number of nitrogens with zero attached hydrogens (tertiary/aromatic N) is 1. The van der Waals surface area contributed by atoms with Gasteiger partial charge in [-0.1, -0.05) is 54.6 Å². The number of carbonyl (C=O) groups is 3. The maximum absolute atomic E-state index is 12.6. The van der Waals surface area contributed by atoms with Gasteiger partial charge in [0.05, 0.1) is 11.5 Å². The van der Waals surface area contributed by atoms with Gasteiger partial charge in [0.1, 0.15) is 18.9 Å². The Bertz CT molecular complexity index is 1220. The molecule has 1 saturated heterocycles. The van der Waals surface area contributed by atoms with E-state index in [-0.39, 0.29) is 11.5 Å². The third-order valence-corrected chi connectivity index (χ3v) is 5.79. The number of hydrogen-bond acceptors (Lipinski definition) is 6. The van der Waals surface area contributed by atoms with Crippen LogP contribution in [0.2, 0.25) is 0 Å². The second-order valence-corrected chi connectivity index (χ2v) is 8.07. The van der Waals surface area contributed by atoms with Gasteiger partial charge >= 0.3 is 5.97 Å². The molecule has 0 saturated carbocycles. The highest BCUT2D eigenvalue weighted by molar-refractivity contribution is 8.18. The van der Waals surface area contributed by atoms with E-state index in [1.807, 2.05) is 42.5 Å². The molecule has 0 unspecified atom stereocenters. The summed E-state index contributed by atoms with van der Waals surface area (Å²) < 4.78 is 10.9. The van der Waals surface area contributed by atoms with Crippen molar-refractivity contribution in [1.82, 2.24) is 4.90 Å². The molecule has 0 N–H and O–H groups in total. The third kappa shape index (κ3) is 4.84. The summed E-state index contributed by atoms with van der Waals surface area (Å²) in [4.78, 5) is 37.7. The molecule has 7 heteroatoms. The summed E-state index contributed by atoms with van der Waals surface area (Å²) in [5.41, 5.74) is 1.70. The van der Waals surface area contributed by atoms with E-state index >= 15 is 0 Å². The largest absolute Gasteiger partial charge is 0.488 e. The van der Waals surface area contributed by atoms with Crippen LogP contribution in [0.4, 0.5) is 4.79 Å². The van der Waals surface area contributed by atoms with Crippen LogP contribution in [0.15, 0.2) is 71.6 Å². The number of ether oxygens (including phenoxy) is 2. The molecule has 0 aromatic heterocycles. The fraction of sp³-hybridized carbons (Fsp3) is 0.160. The van der Waals surface area contributed by atoms with E-state index in [0.29, 0.717) is 17.9 Å². The van der Waals surface area contributed by atoms with Crippen LogP contribution in [0.3, 0.4) is 0 Å². The molecule has 4 rings (SSSR count). The summed E-state index contributed by atoms with van der Waals surface area (Å²) in [6.45, 7) is 1.82. The van der Waals surface area contributed by atoms with Gasteiger partial charge in [0.25, 0.3) is 11.1 Å². The van der Waals surface area contributed by atoms with Crippen LogP contribution in [0.25, 0.3) is 16.8 Å². The normalized spacial score (nSPS) is 14.9. The Morgan fingerprint density at radius 1 is 1.00 bits per heavy atom. The highest BCUT2D eigenvalue weighted by Crippen LogP contribution is 2.34. The van der Waals surface area contributed by atoms with Gasteiger partial charge in [0, 0.05) is 5.56 Å². The molecule has 0 radical (unpaired) electrons. The Labute approximate surface area is 189 Å². The summed E-state index contributed by atoms with van der Waals surface area (Å²) >= 11 is 0.796. The minimum atomic E-state index is -0.616. The van der Waals surface area contributed by atoms with Gasteiger partial charge in [0.2, 0.25) is 0 Å². The molecule has 0 atom stereocenters. The number of hydrogen-bond donors (Lipinski definition) is 0. The number of carbonyl (C=O) groups excluding carboxylic acids is 3. The molecule has 3 aromatic carbocycles. The zero-order valence-corrected chi connectivity index (χ0v) is 18.3. The van der Waals surface area contributed by atoms with Crippen LogP contribution >= 0.6 is 11.8 Å². The van der Waals surface area contributed by atoms with Crippen molar-refractivity contribution in [2.24, 2.45) is 0 Å². The molecular weight excluding hydrogens is 426 g/mol. The van der Waals surface area contributed by atoms with E-state index in [2.05, 4.69) is 24.3 Å². The fourth-order valence-corrected chi connectivity index (χ4v) is 4.16. The van der Waals surface area contributed by atoms with Crippen molar-refractivity contribution in [3.05, 3.63) is 82.8 Å². The van der Waals surface area contributed by atoms with Gasteiger partial charge in [-0.25, -0.2) is 0 Å². The zero-order chi connectivity index (χ0) is 22.5. The highest BCUT2D eigenvalue weighted by atomic mass is 32.2. The Hall–Kier alpha value is -3.58. The molecule has 0 aliphatic carbocycles. The van der Waals surface area contributed by atoms with E-state index in [0.717, 1.165) is 33.0 Å². The Morgan fingerprint density at radius 3 is 2.56 bits per heavy atom. The van der Waals surface area contributed by atoms with E-state index in [9.17, 15) is 14.4 Å². The van der Waals surface area contributed by atoms with Gasteiger partial charge in [-0.2, -0.15) is 0 Å². The minimum Gasteiger partial charge on any atom is -0.488 e. The summed E-state index contributed by atoms with van der Waals surface area (Å²) in [5.74, 6) is -0.537. The van der Waals surface area contributed by atoms with Crippen molar-refractivity contribution in [1.29, 1.82) is 0 Å². The van der Waals surface area contributed by atoms with Crippen molar-refractivity contribution in [2.45, 2.75) is 13.5 Å². The Morgan fingerprint density at radius 2 is 1.75 bits per heavy atom. The quantitative estimate of drug-likeness (QED) is 0.374. The van der Waals surface area contributed by atoms with Gasteiger partial charge in [-0.05, 0) is 53.2 Å². The third-order valence-electron chi connectivity index (χ3n) is 4.88. The second-order valence-electron chi connectivity index (χ2n) is 7.08. The molecule has 0 bridgehead atoms. The first-order valence-electron chi connectivity index (χ1n) is 10.2. The van der Waals surface area contributed by atoms with Gasteiger partial charge in [-0.15, -0.1) is 0 Å². The second kappa shape index (κ2) is 9.70. The summed E-state index contributed by atoms with van der Waals surface area (Å²) in [6, 6.07) is 21.6. The van der Waals surface area contributed by atoms with Crippen molar-refractivity contribution in [3.8, 4) is 5.75 Å². The van der Waals surface area contributed by atoms with Crippen LogP contribution in [0.5, 0.6) is 5.75 Å². The van der Waals surface area contributed by atoms with Gasteiger partial charge in [0.15, 0.2) is 0 Å². The minimum absolute atomic E-state index is 0.187. The van der Waals surface area contributed by atoms with E-state index in [1.165, 1.54) is 0 Å². The summed E-state index contributed by atoms with van der Waals surface area (Å²) in [5, 5.41) is 1.80. The first-order chi connectivity index (χ1) is 15.5. The first-order valence-corrected chi connectivity index (χ1v) is 11.0. The number of amides is 2. The maximum Gasteiger partial charge on any atom is 0.326 e. The fourth-order valence-electron chi connectivity index (χ4n) is 3.33. The molecule has 1 aliphatic heterocycles. The predicted molar refractivity (Wildman–Crippen MR) is 124 cm³/mol. The summed E-state index contributed by atoms with van der Waals surface area (Å²) in [7, 11) is 0. The molecule has 1 fully saturated rings. The van der Waals surface area contributed by atoms with Crippen LogP contribution in [0, 0.1) is 0 Å². The first kappa shape index (κ1) is 21.6. The number of rotatable bonds is 7. The van der Waals surface area contributed by atoms with Crippen LogP contribution in [-0.4, -0.2) is 35.2 Å². The molecule has 162 valence electrons. The molecular formula is C25H21NO5S. The van der Waals surface area contributed by atoms with Crippen LogP contribution < -0.4 is 4.74 Å². The number of esters is 1. The standard InChI is InChI=1S/C25H21NO5S/c1-2-30-23(27)15-26-24(28)22(32-25(26)29)14-20-9-5-6-10-21(20)31-16-17-11-12-18-7-3-4-8-19(18)13-17/h3-14H,2,15-16H2,1H3/b22-14+. The van der Waals surface area contributed by atoms with E-state index < -0.39 is 23.7 Å². The number of fused-ring (bicyclic) bond motifs is 1. The Kier molecular flexibility index (Phi) is 6.56. The Balaban J connectivity index is 1.50. The molecule has 32 heavy (non-hydrogen) atoms. The zero-order valence-electron chi connectivity index (χ0n) is 17.4. The van der Waals surface area contributed by atoms with Crippen molar-refractivity contribution < 1.29 is 23.9 Å². The number of thioether (sulfide) groups is 1. The van der Waals surface area contributed by atoms with E-state index in [1.54, 1.807) is 13.0 Å². The van der Waals surface area contributed by atoms with Crippen LogP contribution in [-0.2, 0) is 20.9 Å². The van der Waals surface area contributed by atoms with Crippen molar-refractivity contribution in [2.75, 3.05) is 13.2 Å². The van der Waals surface area contributed by atoms with Crippen molar-refractivity contribution >= 4 is 45.7 Å². The summed E-state index contributed by atoms with van der Waals surface area (Å²) in [6.07, 6.45) is 1.62. The average molecular weight is 448 g/mol. The lowest BCUT2D eigenvalue weighted by atomic mass is 10.1. The SMILES string of the molecule is CCOC(=O)CN1C(=O)S/C(=C/c2ccccc2OCc2ccc3ccccc3c2)C1=O. The molecule has 0 spiro atoms. The predicted octanol–water partition coefficient (Wildman–Crippen LogP) is 5.02. The van der Waals surface area contributed by atoms with E-state index in [4.69, 9.17) is 9.47 Å². The monoisotopic (exact) mass is 447 g/mol. The maximum atomic E-state index is 12.6. The van der Waals surface area contributed by atoms with Crippen molar-refractivity contribution in [3.63, 3.8) is 0 Å². The topological polar surface area (TPSA) is 72.9 Å². The molecule has 2 amide bonds. The molecule has 6 nitrogen and oxygen atoms in total. The molecule has 1 aliphatic rings. The lowest BCUT2D eigenvalue weighted by Crippen LogP contribution is -2.34. The highest BCUT2D eigenvalue weighted by Gasteiger charge is 2.36. The number of imide groups is 1. The number of para-hydroxylation sites is 1. The van der Waals surface area contributed by atoms with Gasteiger partial charge < -0.3 is 9.47 Å². The molecule has 1 heterocycles. The smallest absolute Gasteiger partial charge is 0.326 e. The lowest BCUT2D eigenvalue weighted by molar-refractivity contribution is -0.145. The van der Waals surface area contributed by atoms with Crippen LogP contribution in [0.1, 0.15) is 18.1 Å². The van der Waals surface area contributed by atoms with Gasteiger partial charge in [-0.3, -0.25) is 19.3 Å². The molecule has 3 aromatic rings.